The van der Waals surface area contributed by atoms with Gasteiger partial charge in [0.15, 0.2) is 0 Å². The van der Waals surface area contributed by atoms with Crippen molar-refractivity contribution in [2.45, 2.75) is 33.5 Å². The van der Waals surface area contributed by atoms with E-state index < -0.39 is 0 Å². The summed E-state index contributed by atoms with van der Waals surface area (Å²) in [6.07, 6.45) is 0.149. The molecule has 2 aromatic carbocycles. The van der Waals surface area contributed by atoms with E-state index in [4.69, 9.17) is 9.72 Å². The minimum absolute atomic E-state index is 0.0314. The lowest BCUT2D eigenvalue weighted by molar-refractivity contribution is 0.242. The first-order valence-corrected chi connectivity index (χ1v) is 7.85. The highest BCUT2D eigenvalue weighted by Gasteiger charge is 2.09. The quantitative estimate of drug-likeness (QED) is 0.772. The summed E-state index contributed by atoms with van der Waals surface area (Å²) in [5.74, 6) is 0.839. The number of hydrogen-bond donors (Lipinski definition) is 1. The number of aromatic nitrogens is 1. The molecule has 3 nitrogen and oxygen atoms in total. The summed E-state index contributed by atoms with van der Waals surface area (Å²) < 4.78 is 5.68. The maximum absolute atomic E-state index is 9.70. The second-order valence-corrected chi connectivity index (χ2v) is 6.04. The third kappa shape index (κ3) is 3.35. The van der Waals surface area contributed by atoms with E-state index in [1.165, 1.54) is 5.56 Å². The van der Waals surface area contributed by atoms with Crippen molar-refractivity contribution in [1.82, 2.24) is 4.98 Å². The van der Waals surface area contributed by atoms with Crippen molar-refractivity contribution in [3.63, 3.8) is 0 Å². The largest absolute Gasteiger partial charge is 0.491 e. The Hall–Kier alpha value is -2.39. The smallest absolute Gasteiger partial charge is 0.119 e. The van der Waals surface area contributed by atoms with Gasteiger partial charge in [0.05, 0.1) is 23.9 Å². The fourth-order valence-corrected chi connectivity index (χ4v) is 2.65. The highest BCUT2D eigenvalue weighted by atomic mass is 16.5. The Bertz CT molecular complexity index is 823. The Balaban J connectivity index is 2.06. The van der Waals surface area contributed by atoms with E-state index in [1.54, 1.807) is 0 Å². The molecular formula is C20H21NO2. The van der Waals surface area contributed by atoms with Gasteiger partial charge in [-0.05, 0) is 62.7 Å². The zero-order valence-corrected chi connectivity index (χ0v) is 13.7. The van der Waals surface area contributed by atoms with Crippen LogP contribution in [0.25, 0.3) is 22.2 Å². The number of pyridine rings is 1. The Morgan fingerprint density at radius 1 is 1.04 bits per heavy atom. The number of ether oxygens (including phenoxy) is 1. The lowest BCUT2D eigenvalue weighted by Gasteiger charge is -2.12. The molecule has 0 atom stereocenters. The molecule has 1 heterocycles. The second-order valence-electron chi connectivity index (χ2n) is 6.04. The Morgan fingerprint density at radius 3 is 2.43 bits per heavy atom. The standard InChI is InChI=1S/C20H21NO2/c1-13(2)23-18-8-6-15(7-9-18)20-17(12-22)11-16-5-4-14(3)10-19(16)21-20/h4-11,13,22H,12H2,1-3H3. The van der Waals surface area contributed by atoms with E-state index in [0.717, 1.165) is 33.5 Å². The molecule has 118 valence electrons. The van der Waals surface area contributed by atoms with Gasteiger partial charge in [-0.1, -0.05) is 12.1 Å². The maximum atomic E-state index is 9.70. The van der Waals surface area contributed by atoms with Crippen LogP contribution in [0.15, 0.2) is 48.5 Å². The fourth-order valence-electron chi connectivity index (χ4n) is 2.65. The minimum Gasteiger partial charge on any atom is -0.491 e. The number of benzene rings is 2. The number of fused-ring (bicyclic) bond motifs is 1. The van der Waals surface area contributed by atoms with Crippen LogP contribution in [0.3, 0.4) is 0 Å². The summed E-state index contributed by atoms with van der Waals surface area (Å²) in [6.45, 7) is 6.03. The molecule has 1 aromatic heterocycles. The van der Waals surface area contributed by atoms with Gasteiger partial charge < -0.3 is 9.84 Å². The average molecular weight is 307 g/mol. The summed E-state index contributed by atoms with van der Waals surface area (Å²) >= 11 is 0. The van der Waals surface area contributed by atoms with E-state index in [2.05, 4.69) is 19.1 Å². The number of aryl methyl sites for hydroxylation is 1. The van der Waals surface area contributed by atoms with Crippen LogP contribution >= 0.6 is 0 Å². The SMILES string of the molecule is Cc1ccc2cc(CO)c(-c3ccc(OC(C)C)cc3)nc2c1. The van der Waals surface area contributed by atoms with Crippen molar-refractivity contribution in [2.24, 2.45) is 0 Å². The van der Waals surface area contributed by atoms with Crippen molar-refractivity contribution >= 4 is 10.9 Å². The van der Waals surface area contributed by atoms with Crippen LogP contribution in [0.1, 0.15) is 25.0 Å². The van der Waals surface area contributed by atoms with Gasteiger partial charge >= 0.3 is 0 Å². The summed E-state index contributed by atoms with van der Waals surface area (Å²) in [6, 6.07) is 16.0. The van der Waals surface area contributed by atoms with Crippen LogP contribution in [-0.4, -0.2) is 16.2 Å². The molecule has 0 aliphatic rings. The molecule has 0 saturated carbocycles. The predicted octanol–water partition coefficient (Wildman–Crippen LogP) is 4.49. The summed E-state index contributed by atoms with van der Waals surface area (Å²) in [5, 5.41) is 10.7. The van der Waals surface area contributed by atoms with Gasteiger partial charge in [0.2, 0.25) is 0 Å². The molecule has 3 aromatic rings. The van der Waals surface area contributed by atoms with Gasteiger partial charge in [0.25, 0.3) is 0 Å². The highest BCUT2D eigenvalue weighted by Crippen LogP contribution is 2.28. The topological polar surface area (TPSA) is 42.4 Å². The van der Waals surface area contributed by atoms with Crippen molar-refractivity contribution in [1.29, 1.82) is 0 Å². The van der Waals surface area contributed by atoms with Gasteiger partial charge in [-0.25, -0.2) is 4.98 Å². The predicted molar refractivity (Wildman–Crippen MR) is 93.6 cm³/mol. The molecule has 0 saturated heterocycles. The second kappa shape index (κ2) is 6.39. The first kappa shape index (κ1) is 15.5. The van der Waals surface area contributed by atoms with Crippen LogP contribution in [0.4, 0.5) is 0 Å². The first-order valence-electron chi connectivity index (χ1n) is 7.85. The number of nitrogens with zero attached hydrogens (tertiary/aromatic N) is 1. The molecule has 0 amide bonds. The monoisotopic (exact) mass is 307 g/mol. The van der Waals surface area contributed by atoms with Crippen molar-refractivity contribution in [3.8, 4) is 17.0 Å². The first-order chi connectivity index (χ1) is 11.1. The van der Waals surface area contributed by atoms with Crippen LogP contribution in [0.5, 0.6) is 5.75 Å². The zero-order valence-electron chi connectivity index (χ0n) is 13.7. The van der Waals surface area contributed by atoms with E-state index in [-0.39, 0.29) is 12.7 Å². The number of aliphatic hydroxyl groups is 1. The number of rotatable bonds is 4. The average Bonchev–Trinajstić information content (AvgIpc) is 2.53. The zero-order chi connectivity index (χ0) is 16.4. The van der Waals surface area contributed by atoms with Gasteiger partial charge in [-0.15, -0.1) is 0 Å². The summed E-state index contributed by atoms with van der Waals surface area (Å²) in [5.41, 5.74) is 4.75. The molecule has 3 rings (SSSR count). The molecule has 0 fully saturated rings. The molecule has 0 aliphatic carbocycles. The minimum atomic E-state index is -0.0314. The third-order valence-electron chi connectivity index (χ3n) is 3.72. The number of aliphatic hydroxyl groups excluding tert-OH is 1. The van der Waals surface area contributed by atoms with Crippen molar-refractivity contribution in [3.05, 3.63) is 59.7 Å². The van der Waals surface area contributed by atoms with Crippen molar-refractivity contribution < 1.29 is 9.84 Å². The molecular weight excluding hydrogens is 286 g/mol. The Morgan fingerprint density at radius 2 is 1.78 bits per heavy atom. The van der Waals surface area contributed by atoms with Crippen LogP contribution in [0.2, 0.25) is 0 Å². The van der Waals surface area contributed by atoms with Crippen LogP contribution in [0, 0.1) is 6.92 Å². The number of hydrogen-bond acceptors (Lipinski definition) is 3. The fraction of sp³-hybridized carbons (Fsp3) is 0.250. The maximum Gasteiger partial charge on any atom is 0.119 e. The lowest BCUT2D eigenvalue weighted by Crippen LogP contribution is -2.05. The van der Waals surface area contributed by atoms with Gasteiger partial charge in [-0.3, -0.25) is 0 Å². The van der Waals surface area contributed by atoms with Gasteiger partial charge in [0.1, 0.15) is 5.75 Å². The Kier molecular flexibility index (Phi) is 4.30. The molecule has 0 aliphatic heterocycles. The van der Waals surface area contributed by atoms with E-state index >= 15 is 0 Å². The normalized spacial score (nSPS) is 11.2. The van der Waals surface area contributed by atoms with E-state index in [1.807, 2.05) is 50.2 Å². The van der Waals surface area contributed by atoms with Gasteiger partial charge in [0, 0.05) is 16.5 Å². The molecule has 0 unspecified atom stereocenters. The van der Waals surface area contributed by atoms with Crippen molar-refractivity contribution in [2.75, 3.05) is 0 Å². The molecule has 0 bridgehead atoms. The van der Waals surface area contributed by atoms with Gasteiger partial charge in [-0.2, -0.15) is 0 Å². The highest BCUT2D eigenvalue weighted by molar-refractivity contribution is 5.84. The molecule has 0 radical (unpaired) electrons. The van der Waals surface area contributed by atoms with E-state index in [0.29, 0.717) is 0 Å². The molecule has 23 heavy (non-hydrogen) atoms. The summed E-state index contributed by atoms with van der Waals surface area (Å²) in [7, 11) is 0. The molecule has 0 spiro atoms. The van der Waals surface area contributed by atoms with Crippen LogP contribution < -0.4 is 4.74 Å². The summed E-state index contributed by atoms with van der Waals surface area (Å²) in [4.78, 5) is 4.77. The molecule has 1 N–H and O–H groups in total. The Labute approximate surface area is 136 Å². The third-order valence-corrected chi connectivity index (χ3v) is 3.72. The molecule has 3 heteroatoms. The van der Waals surface area contributed by atoms with E-state index in [9.17, 15) is 5.11 Å². The lowest BCUT2D eigenvalue weighted by atomic mass is 10.0. The van der Waals surface area contributed by atoms with Crippen LogP contribution in [-0.2, 0) is 6.61 Å².